The molecule has 20 heavy (non-hydrogen) atoms. The maximum Gasteiger partial charge on any atom is 0.340 e. The molecule has 5 heteroatoms. The Morgan fingerprint density at radius 1 is 1.25 bits per heavy atom. The minimum absolute atomic E-state index is 0.151. The smallest absolute Gasteiger partial charge is 0.340 e. The van der Waals surface area contributed by atoms with Gasteiger partial charge in [-0.3, -0.25) is 0 Å². The van der Waals surface area contributed by atoms with Crippen molar-refractivity contribution in [2.75, 3.05) is 12.8 Å². The summed E-state index contributed by atoms with van der Waals surface area (Å²) in [5.41, 5.74) is 6.50. The second-order valence-electron chi connectivity index (χ2n) is 4.12. The van der Waals surface area contributed by atoms with Gasteiger partial charge in [0.2, 0.25) is 0 Å². The number of carbonyl (C=O) groups is 1. The Morgan fingerprint density at radius 2 is 2.00 bits per heavy atom. The van der Waals surface area contributed by atoms with Crippen molar-refractivity contribution in [3.8, 4) is 5.75 Å². The number of benzene rings is 2. The van der Waals surface area contributed by atoms with Crippen LogP contribution in [0.1, 0.15) is 15.9 Å². The van der Waals surface area contributed by atoms with Crippen molar-refractivity contribution < 1.29 is 18.7 Å². The average molecular weight is 275 g/mol. The number of halogens is 1. The standard InChI is InChI=1S/C15H14FNO3/c1-19-11-6-7-14(17)12(8-11)15(18)20-9-10-4-2-3-5-13(10)16/h2-8H,9,17H2,1H3. The molecule has 0 aromatic heterocycles. The molecule has 0 aliphatic carbocycles. The summed E-state index contributed by atoms with van der Waals surface area (Å²) in [4.78, 5) is 11.9. The lowest BCUT2D eigenvalue weighted by Gasteiger charge is -2.09. The van der Waals surface area contributed by atoms with Gasteiger partial charge in [0, 0.05) is 11.3 Å². The third-order valence-corrected chi connectivity index (χ3v) is 2.80. The van der Waals surface area contributed by atoms with Gasteiger partial charge in [0.25, 0.3) is 0 Å². The van der Waals surface area contributed by atoms with E-state index < -0.39 is 11.8 Å². The van der Waals surface area contributed by atoms with Gasteiger partial charge in [-0.15, -0.1) is 0 Å². The number of esters is 1. The van der Waals surface area contributed by atoms with Crippen molar-refractivity contribution in [3.05, 3.63) is 59.4 Å². The first kappa shape index (κ1) is 13.9. The van der Waals surface area contributed by atoms with Crippen LogP contribution in [0.15, 0.2) is 42.5 Å². The van der Waals surface area contributed by atoms with E-state index in [-0.39, 0.29) is 17.9 Å². The van der Waals surface area contributed by atoms with E-state index in [1.165, 1.54) is 19.2 Å². The Labute approximate surface area is 115 Å². The minimum Gasteiger partial charge on any atom is -0.497 e. The van der Waals surface area contributed by atoms with E-state index in [9.17, 15) is 9.18 Å². The summed E-state index contributed by atoms with van der Waals surface area (Å²) in [6.07, 6.45) is 0. The lowest BCUT2D eigenvalue weighted by atomic mass is 10.1. The van der Waals surface area contributed by atoms with Crippen LogP contribution < -0.4 is 10.5 Å². The maximum absolute atomic E-state index is 13.4. The van der Waals surface area contributed by atoms with Crippen LogP contribution in [0.25, 0.3) is 0 Å². The molecular weight excluding hydrogens is 261 g/mol. The number of hydrogen-bond donors (Lipinski definition) is 1. The fourth-order valence-corrected chi connectivity index (χ4v) is 1.68. The quantitative estimate of drug-likeness (QED) is 0.688. The Kier molecular flexibility index (Phi) is 4.20. The molecule has 0 radical (unpaired) electrons. The molecule has 0 atom stereocenters. The summed E-state index contributed by atoms with van der Waals surface area (Å²) < 4.78 is 23.5. The number of hydrogen-bond acceptors (Lipinski definition) is 4. The second kappa shape index (κ2) is 6.06. The van der Waals surface area contributed by atoms with Crippen LogP contribution in [0.3, 0.4) is 0 Å². The summed E-state index contributed by atoms with van der Waals surface area (Å²) in [6, 6.07) is 10.8. The molecule has 0 saturated carbocycles. The summed E-state index contributed by atoms with van der Waals surface area (Å²) in [5, 5.41) is 0. The first-order valence-corrected chi connectivity index (χ1v) is 5.96. The molecule has 0 saturated heterocycles. The van der Waals surface area contributed by atoms with Crippen LogP contribution in [0.5, 0.6) is 5.75 Å². The molecule has 2 aromatic carbocycles. The largest absolute Gasteiger partial charge is 0.497 e. The molecule has 0 heterocycles. The molecule has 2 rings (SSSR count). The van der Waals surface area contributed by atoms with E-state index in [2.05, 4.69) is 0 Å². The first-order valence-electron chi connectivity index (χ1n) is 5.96. The second-order valence-corrected chi connectivity index (χ2v) is 4.12. The van der Waals surface area contributed by atoms with Crippen molar-refractivity contribution in [2.24, 2.45) is 0 Å². The Bertz CT molecular complexity index is 628. The van der Waals surface area contributed by atoms with Gasteiger partial charge in [-0.05, 0) is 24.3 Å². The number of nitrogens with two attached hydrogens (primary N) is 1. The van der Waals surface area contributed by atoms with Gasteiger partial charge in [0.15, 0.2) is 0 Å². The Hall–Kier alpha value is -2.56. The number of nitrogen functional groups attached to an aromatic ring is 1. The molecule has 4 nitrogen and oxygen atoms in total. The van der Waals surface area contributed by atoms with Crippen LogP contribution in [-0.4, -0.2) is 13.1 Å². The predicted octanol–water partition coefficient (Wildman–Crippen LogP) is 2.77. The van der Waals surface area contributed by atoms with Crippen molar-refractivity contribution >= 4 is 11.7 Å². The zero-order valence-electron chi connectivity index (χ0n) is 10.9. The lowest BCUT2D eigenvalue weighted by Crippen LogP contribution is -2.09. The Balaban J connectivity index is 2.11. The molecule has 0 amide bonds. The Morgan fingerprint density at radius 3 is 2.70 bits per heavy atom. The molecule has 104 valence electrons. The molecule has 0 bridgehead atoms. The molecule has 2 N–H and O–H groups in total. The normalized spacial score (nSPS) is 10.1. The minimum atomic E-state index is -0.621. The van der Waals surface area contributed by atoms with Gasteiger partial charge < -0.3 is 15.2 Å². The number of rotatable bonds is 4. The fraction of sp³-hybridized carbons (Fsp3) is 0.133. The first-order chi connectivity index (χ1) is 9.61. The predicted molar refractivity (Wildman–Crippen MR) is 72.9 cm³/mol. The topological polar surface area (TPSA) is 61.5 Å². The highest BCUT2D eigenvalue weighted by Crippen LogP contribution is 2.21. The van der Waals surface area contributed by atoms with Crippen LogP contribution in [0, 0.1) is 5.82 Å². The van der Waals surface area contributed by atoms with Crippen molar-refractivity contribution in [2.45, 2.75) is 6.61 Å². The molecule has 0 aliphatic heterocycles. The van der Waals surface area contributed by atoms with Crippen LogP contribution >= 0.6 is 0 Å². The summed E-state index contributed by atoms with van der Waals surface area (Å²) in [7, 11) is 1.49. The van der Waals surface area contributed by atoms with Gasteiger partial charge in [0.05, 0.1) is 12.7 Å². The molecule has 0 unspecified atom stereocenters. The van der Waals surface area contributed by atoms with Crippen LogP contribution in [0.2, 0.25) is 0 Å². The molecule has 0 fully saturated rings. The lowest BCUT2D eigenvalue weighted by molar-refractivity contribution is 0.0470. The molecule has 0 aliphatic rings. The van der Waals surface area contributed by atoms with E-state index in [1.54, 1.807) is 30.3 Å². The van der Waals surface area contributed by atoms with Crippen LogP contribution in [0.4, 0.5) is 10.1 Å². The number of methoxy groups -OCH3 is 1. The van der Waals surface area contributed by atoms with Crippen molar-refractivity contribution in [1.29, 1.82) is 0 Å². The van der Waals surface area contributed by atoms with Gasteiger partial charge in [-0.1, -0.05) is 18.2 Å². The number of ether oxygens (including phenoxy) is 2. The van der Waals surface area contributed by atoms with Crippen molar-refractivity contribution in [1.82, 2.24) is 0 Å². The summed E-state index contributed by atoms with van der Waals surface area (Å²) in [6.45, 7) is -0.151. The zero-order valence-corrected chi connectivity index (χ0v) is 10.9. The highest BCUT2D eigenvalue weighted by atomic mass is 19.1. The third-order valence-electron chi connectivity index (χ3n) is 2.80. The third kappa shape index (κ3) is 3.06. The highest BCUT2D eigenvalue weighted by molar-refractivity contribution is 5.95. The zero-order chi connectivity index (χ0) is 14.5. The highest BCUT2D eigenvalue weighted by Gasteiger charge is 2.13. The van der Waals surface area contributed by atoms with Crippen molar-refractivity contribution in [3.63, 3.8) is 0 Å². The average Bonchev–Trinajstić information content (AvgIpc) is 2.46. The number of anilines is 1. The SMILES string of the molecule is COc1ccc(N)c(C(=O)OCc2ccccc2F)c1. The van der Waals surface area contributed by atoms with Gasteiger partial charge in [-0.25, -0.2) is 9.18 Å². The van der Waals surface area contributed by atoms with E-state index in [0.717, 1.165) is 0 Å². The van der Waals surface area contributed by atoms with Crippen LogP contribution in [-0.2, 0) is 11.3 Å². The summed E-state index contributed by atoms with van der Waals surface area (Å²) >= 11 is 0. The molecule has 0 spiro atoms. The van der Waals surface area contributed by atoms with E-state index >= 15 is 0 Å². The van der Waals surface area contributed by atoms with E-state index in [4.69, 9.17) is 15.2 Å². The van der Waals surface area contributed by atoms with Gasteiger partial charge in [0.1, 0.15) is 18.2 Å². The monoisotopic (exact) mass is 275 g/mol. The fourth-order valence-electron chi connectivity index (χ4n) is 1.68. The maximum atomic E-state index is 13.4. The summed E-state index contributed by atoms with van der Waals surface area (Å²) in [5.74, 6) is -0.541. The van der Waals surface area contributed by atoms with E-state index in [1.807, 2.05) is 0 Å². The van der Waals surface area contributed by atoms with Gasteiger partial charge in [-0.2, -0.15) is 0 Å². The molecule has 2 aromatic rings. The number of carbonyl (C=O) groups excluding carboxylic acids is 1. The van der Waals surface area contributed by atoms with E-state index in [0.29, 0.717) is 11.3 Å². The van der Waals surface area contributed by atoms with Gasteiger partial charge >= 0.3 is 5.97 Å². The molecular formula is C15H14FNO3.